The van der Waals surface area contributed by atoms with E-state index in [-0.39, 0.29) is 68.8 Å². The first-order valence-corrected chi connectivity index (χ1v) is 17.4. The highest BCUT2D eigenvalue weighted by Gasteiger charge is 2.45. The number of hydrogen-bond acceptors (Lipinski definition) is 9. The first kappa shape index (κ1) is 42.0. The number of aliphatic hydroxyl groups excluding tert-OH is 1. The number of imidazole rings is 1. The van der Waals surface area contributed by atoms with Crippen molar-refractivity contribution >= 4 is 18.0 Å². The zero-order valence-corrected chi connectivity index (χ0v) is 31.5. The molecule has 12 nitrogen and oxygen atoms in total. The van der Waals surface area contributed by atoms with Crippen LogP contribution in [0.15, 0.2) is 42.6 Å². The van der Waals surface area contributed by atoms with Crippen molar-refractivity contribution in [2.45, 2.75) is 72.3 Å². The van der Waals surface area contributed by atoms with Crippen molar-refractivity contribution in [3.05, 3.63) is 71.4 Å². The van der Waals surface area contributed by atoms with Crippen molar-refractivity contribution in [2.75, 3.05) is 46.8 Å². The van der Waals surface area contributed by atoms with Gasteiger partial charge in [-0.25, -0.2) is 27.3 Å². The van der Waals surface area contributed by atoms with E-state index < -0.39 is 71.2 Å². The van der Waals surface area contributed by atoms with Gasteiger partial charge in [0.2, 0.25) is 0 Å². The van der Waals surface area contributed by atoms with E-state index in [0.717, 1.165) is 31.2 Å². The number of benzene rings is 2. The minimum absolute atomic E-state index is 0.0354. The highest BCUT2D eigenvalue weighted by Crippen LogP contribution is 2.43. The minimum atomic E-state index is -1.60. The lowest BCUT2D eigenvalue weighted by Gasteiger charge is -2.43. The molecule has 1 aliphatic rings. The lowest BCUT2D eigenvalue weighted by atomic mass is 9.79. The Labute approximate surface area is 311 Å². The Bertz CT molecular complexity index is 1800. The Morgan fingerprint density at radius 1 is 1.04 bits per heavy atom. The van der Waals surface area contributed by atoms with Crippen molar-refractivity contribution in [1.82, 2.24) is 19.4 Å². The number of carbonyl (C=O) groups is 3. The van der Waals surface area contributed by atoms with Crippen molar-refractivity contribution in [2.24, 2.45) is 11.3 Å². The summed E-state index contributed by atoms with van der Waals surface area (Å²) in [7, 11) is 1.40. The molecule has 2 amide bonds. The maximum atomic E-state index is 15.9. The van der Waals surface area contributed by atoms with E-state index >= 15 is 8.78 Å². The largest absolute Gasteiger partial charge is 0.467 e. The normalized spacial score (nSPS) is 16.6. The predicted octanol–water partition coefficient (Wildman–Crippen LogP) is 6.04. The van der Waals surface area contributed by atoms with Gasteiger partial charge in [0.1, 0.15) is 40.8 Å². The SMILES string of the molecule is COCOc1cc(F)cc(Cn2cc(-c3cc(F)ccc3F)nc2C(N(CC2CN(C(=O)OC(C)(C)C)CC2F)C(=O)COC(C)=O)C(C)(C)CCO)c1. The van der Waals surface area contributed by atoms with Gasteiger partial charge in [-0.05, 0) is 68.5 Å². The third kappa shape index (κ3) is 10.9. The highest BCUT2D eigenvalue weighted by atomic mass is 19.1. The van der Waals surface area contributed by atoms with Crippen molar-refractivity contribution in [1.29, 1.82) is 0 Å². The van der Waals surface area contributed by atoms with E-state index in [1.165, 1.54) is 33.7 Å². The fourth-order valence-electron chi connectivity index (χ4n) is 6.38. The van der Waals surface area contributed by atoms with Crippen LogP contribution in [0.2, 0.25) is 0 Å². The summed E-state index contributed by atoms with van der Waals surface area (Å²) in [6.07, 6.45) is -0.849. The van der Waals surface area contributed by atoms with Gasteiger partial charge in [-0.2, -0.15) is 0 Å². The molecule has 1 aromatic heterocycles. The van der Waals surface area contributed by atoms with E-state index in [0.29, 0.717) is 5.56 Å². The fraction of sp³-hybridized carbons (Fsp3) is 0.526. The molecule has 3 aromatic rings. The Morgan fingerprint density at radius 3 is 2.41 bits per heavy atom. The number of nitrogens with zero attached hydrogens (tertiary/aromatic N) is 4. The van der Waals surface area contributed by atoms with E-state index in [2.05, 4.69) is 0 Å². The molecular formula is C38H48F4N4O8. The second kappa shape index (κ2) is 17.6. The number of aromatic nitrogens is 2. The number of aliphatic hydroxyl groups is 1. The molecule has 3 unspecified atom stereocenters. The van der Waals surface area contributed by atoms with Gasteiger partial charge in [0.25, 0.3) is 5.91 Å². The average molecular weight is 765 g/mol. The Morgan fingerprint density at radius 2 is 1.76 bits per heavy atom. The summed E-state index contributed by atoms with van der Waals surface area (Å²) >= 11 is 0. The smallest absolute Gasteiger partial charge is 0.410 e. The number of ether oxygens (including phenoxy) is 4. The lowest BCUT2D eigenvalue weighted by molar-refractivity contribution is -0.153. The van der Waals surface area contributed by atoms with E-state index in [1.807, 2.05) is 0 Å². The van der Waals surface area contributed by atoms with Crippen LogP contribution >= 0.6 is 0 Å². The van der Waals surface area contributed by atoms with Gasteiger partial charge in [0.05, 0.1) is 18.3 Å². The molecule has 54 heavy (non-hydrogen) atoms. The highest BCUT2D eigenvalue weighted by molar-refractivity contribution is 5.80. The molecule has 1 aliphatic heterocycles. The Kier molecular flexibility index (Phi) is 13.7. The number of rotatable bonds is 15. The molecule has 1 fully saturated rings. The monoisotopic (exact) mass is 764 g/mol. The molecular weight excluding hydrogens is 716 g/mol. The Balaban J connectivity index is 1.90. The molecule has 1 saturated heterocycles. The van der Waals surface area contributed by atoms with Crippen LogP contribution in [0.5, 0.6) is 5.75 Å². The molecule has 0 radical (unpaired) electrons. The first-order chi connectivity index (χ1) is 25.3. The molecule has 1 N–H and O–H groups in total. The first-order valence-electron chi connectivity index (χ1n) is 17.4. The van der Waals surface area contributed by atoms with Gasteiger partial charge in [-0.1, -0.05) is 13.8 Å². The van der Waals surface area contributed by atoms with Crippen LogP contribution in [0.3, 0.4) is 0 Å². The van der Waals surface area contributed by atoms with Gasteiger partial charge < -0.3 is 38.4 Å². The van der Waals surface area contributed by atoms with Gasteiger partial charge in [0, 0.05) is 64.0 Å². The molecule has 296 valence electrons. The topological polar surface area (TPSA) is 133 Å². The van der Waals surface area contributed by atoms with Gasteiger partial charge in [-0.15, -0.1) is 0 Å². The lowest BCUT2D eigenvalue weighted by Crippen LogP contribution is -2.48. The average Bonchev–Trinajstić information content (AvgIpc) is 3.64. The number of alkyl halides is 1. The number of carbonyl (C=O) groups excluding carboxylic acids is 3. The molecule has 16 heteroatoms. The van der Waals surface area contributed by atoms with Gasteiger partial charge in [-0.3, -0.25) is 9.59 Å². The summed E-state index contributed by atoms with van der Waals surface area (Å²) in [5, 5.41) is 10.2. The minimum Gasteiger partial charge on any atom is -0.467 e. The second-order valence-corrected chi connectivity index (χ2v) is 14.9. The van der Waals surface area contributed by atoms with Gasteiger partial charge in [0.15, 0.2) is 13.4 Å². The number of methoxy groups -OCH3 is 1. The fourth-order valence-corrected chi connectivity index (χ4v) is 6.38. The van der Waals surface area contributed by atoms with E-state index in [9.17, 15) is 28.3 Å². The second-order valence-electron chi connectivity index (χ2n) is 14.9. The molecule has 0 aliphatic carbocycles. The number of halogens is 4. The summed E-state index contributed by atoms with van der Waals surface area (Å²) in [4.78, 5) is 46.2. The van der Waals surface area contributed by atoms with Crippen LogP contribution in [-0.4, -0.2) is 101 Å². The van der Waals surface area contributed by atoms with Crippen LogP contribution < -0.4 is 4.74 Å². The van der Waals surface area contributed by atoms with Crippen LogP contribution in [-0.2, 0) is 30.3 Å². The van der Waals surface area contributed by atoms with Gasteiger partial charge >= 0.3 is 12.1 Å². The van der Waals surface area contributed by atoms with Crippen LogP contribution in [0.1, 0.15) is 65.4 Å². The number of likely N-dealkylation sites (tertiary alicyclic amines) is 1. The van der Waals surface area contributed by atoms with E-state index in [4.69, 9.17) is 23.9 Å². The molecule has 2 heterocycles. The zero-order chi connectivity index (χ0) is 40.0. The van der Waals surface area contributed by atoms with E-state index in [1.54, 1.807) is 40.7 Å². The van der Waals surface area contributed by atoms with Crippen LogP contribution in [0, 0.1) is 28.8 Å². The van der Waals surface area contributed by atoms with Crippen molar-refractivity contribution in [3.8, 4) is 17.0 Å². The predicted molar refractivity (Wildman–Crippen MR) is 188 cm³/mol. The number of amides is 2. The summed E-state index contributed by atoms with van der Waals surface area (Å²) in [5.41, 5.74) is -1.81. The molecule has 3 atom stereocenters. The standard InChI is InChI=1S/C38H48F4N4O8/c1-23(48)52-21-33(49)46(18-25-17-45(19-31(25)42)36(50)54-37(2,3)4)34(38(5,6)10-11-47)35-43-32(29-15-26(39)8-9-30(29)41)20-44(35)16-24-12-27(40)14-28(13-24)53-22-51-7/h8-9,12-15,20,25,31,34,47H,10-11,16-19,21-22H2,1-7H3. The third-order valence-electron chi connectivity index (χ3n) is 8.86. The van der Waals surface area contributed by atoms with Crippen LogP contribution in [0.25, 0.3) is 11.3 Å². The maximum absolute atomic E-state index is 15.9. The molecule has 0 spiro atoms. The molecule has 4 rings (SSSR count). The summed E-state index contributed by atoms with van der Waals surface area (Å²) in [5.74, 6) is -4.40. The van der Waals surface area contributed by atoms with Crippen molar-refractivity contribution in [3.63, 3.8) is 0 Å². The number of hydrogen-bond donors (Lipinski definition) is 1. The van der Waals surface area contributed by atoms with Crippen LogP contribution in [0.4, 0.5) is 22.4 Å². The summed E-state index contributed by atoms with van der Waals surface area (Å²) < 4.78 is 83.0. The van der Waals surface area contributed by atoms with Crippen molar-refractivity contribution < 1.29 is 56.0 Å². The summed E-state index contributed by atoms with van der Waals surface area (Å²) in [6.45, 7) is 7.49. The molecule has 0 bridgehead atoms. The maximum Gasteiger partial charge on any atom is 0.410 e. The zero-order valence-electron chi connectivity index (χ0n) is 31.5. The number of esters is 1. The summed E-state index contributed by atoms with van der Waals surface area (Å²) in [6, 6.07) is 5.63. The quantitative estimate of drug-likeness (QED) is 0.112. The molecule has 2 aromatic carbocycles. The third-order valence-corrected chi connectivity index (χ3v) is 8.86. The Hall–Kier alpha value is -4.70. The molecule has 0 saturated carbocycles.